The standard InChI is InChI=1S/C13H20O2/c1-13(2,3)15-12(14)10-9-11-7-5-4-6-8-11/h7,9-10H,4-6,8H2,1-3H3/b10-9+. The van der Waals surface area contributed by atoms with E-state index in [-0.39, 0.29) is 5.97 Å². The second kappa shape index (κ2) is 5.15. The maximum Gasteiger partial charge on any atom is 0.331 e. The zero-order valence-electron chi connectivity index (χ0n) is 9.88. The van der Waals surface area contributed by atoms with Crippen molar-refractivity contribution >= 4 is 5.97 Å². The van der Waals surface area contributed by atoms with Crippen molar-refractivity contribution in [1.29, 1.82) is 0 Å². The van der Waals surface area contributed by atoms with Gasteiger partial charge >= 0.3 is 5.97 Å². The summed E-state index contributed by atoms with van der Waals surface area (Å²) < 4.78 is 5.18. The van der Waals surface area contributed by atoms with Gasteiger partial charge in [0.2, 0.25) is 0 Å². The minimum atomic E-state index is -0.400. The molecule has 0 aromatic rings. The lowest BCUT2D eigenvalue weighted by Gasteiger charge is -2.18. The van der Waals surface area contributed by atoms with Crippen molar-refractivity contribution in [3.05, 3.63) is 23.8 Å². The van der Waals surface area contributed by atoms with Crippen LogP contribution < -0.4 is 0 Å². The average Bonchev–Trinajstić information content (AvgIpc) is 2.14. The van der Waals surface area contributed by atoms with Crippen molar-refractivity contribution in [2.24, 2.45) is 0 Å². The van der Waals surface area contributed by atoms with Gasteiger partial charge in [-0.2, -0.15) is 0 Å². The Morgan fingerprint density at radius 1 is 1.40 bits per heavy atom. The highest BCUT2D eigenvalue weighted by Crippen LogP contribution is 2.18. The third-order valence-corrected chi connectivity index (χ3v) is 2.17. The highest BCUT2D eigenvalue weighted by atomic mass is 16.6. The fourth-order valence-electron chi connectivity index (χ4n) is 1.53. The van der Waals surface area contributed by atoms with Gasteiger partial charge in [0, 0.05) is 6.08 Å². The first-order valence-corrected chi connectivity index (χ1v) is 5.57. The zero-order valence-corrected chi connectivity index (χ0v) is 9.88. The summed E-state index contributed by atoms with van der Waals surface area (Å²) in [6, 6.07) is 0. The van der Waals surface area contributed by atoms with Gasteiger partial charge in [-0.1, -0.05) is 17.7 Å². The van der Waals surface area contributed by atoms with Gasteiger partial charge in [0.15, 0.2) is 0 Å². The number of allylic oxidation sites excluding steroid dienone is 3. The van der Waals surface area contributed by atoms with Crippen LogP contribution in [0.4, 0.5) is 0 Å². The molecule has 0 saturated heterocycles. The summed E-state index contributed by atoms with van der Waals surface area (Å²) in [6.07, 6.45) is 10.3. The van der Waals surface area contributed by atoms with Crippen LogP contribution in [0, 0.1) is 0 Å². The molecule has 0 aromatic heterocycles. The molecule has 1 rings (SSSR count). The van der Waals surface area contributed by atoms with Crippen molar-refractivity contribution in [3.8, 4) is 0 Å². The molecule has 15 heavy (non-hydrogen) atoms. The fraction of sp³-hybridized carbons (Fsp3) is 0.615. The average molecular weight is 208 g/mol. The molecule has 0 aliphatic heterocycles. The number of carbonyl (C=O) groups excluding carboxylic acids is 1. The fourth-order valence-corrected chi connectivity index (χ4v) is 1.53. The summed E-state index contributed by atoms with van der Waals surface area (Å²) >= 11 is 0. The second-order valence-corrected chi connectivity index (χ2v) is 4.89. The quantitative estimate of drug-likeness (QED) is 0.513. The zero-order chi connectivity index (χ0) is 11.3. The first-order valence-electron chi connectivity index (χ1n) is 5.57. The van der Waals surface area contributed by atoms with Crippen LogP contribution >= 0.6 is 0 Å². The van der Waals surface area contributed by atoms with Crippen LogP contribution in [0.1, 0.15) is 46.5 Å². The SMILES string of the molecule is CC(C)(C)OC(=O)/C=C/C1=CCCCC1. The van der Waals surface area contributed by atoms with Crippen LogP contribution in [0.2, 0.25) is 0 Å². The number of carbonyl (C=O) groups is 1. The summed E-state index contributed by atoms with van der Waals surface area (Å²) in [6.45, 7) is 5.62. The molecule has 0 spiro atoms. The maximum atomic E-state index is 11.4. The van der Waals surface area contributed by atoms with E-state index >= 15 is 0 Å². The predicted molar refractivity (Wildman–Crippen MR) is 61.5 cm³/mol. The van der Waals surface area contributed by atoms with E-state index in [1.807, 2.05) is 26.8 Å². The molecule has 0 N–H and O–H groups in total. The number of ether oxygens (including phenoxy) is 1. The molecule has 2 nitrogen and oxygen atoms in total. The van der Waals surface area contributed by atoms with Crippen molar-refractivity contribution in [2.45, 2.75) is 52.1 Å². The van der Waals surface area contributed by atoms with Crippen molar-refractivity contribution in [3.63, 3.8) is 0 Å². The number of esters is 1. The summed E-state index contributed by atoms with van der Waals surface area (Å²) in [7, 11) is 0. The van der Waals surface area contributed by atoms with Gasteiger partial charge in [0.05, 0.1) is 0 Å². The molecule has 0 saturated carbocycles. The highest BCUT2D eigenvalue weighted by molar-refractivity contribution is 5.82. The Balaban J connectivity index is 2.43. The summed E-state index contributed by atoms with van der Waals surface area (Å²) in [5.41, 5.74) is 0.856. The van der Waals surface area contributed by atoms with E-state index in [1.165, 1.54) is 24.5 Å². The molecule has 0 amide bonds. The summed E-state index contributed by atoms with van der Waals surface area (Å²) in [5, 5.41) is 0. The Morgan fingerprint density at radius 2 is 2.13 bits per heavy atom. The van der Waals surface area contributed by atoms with Crippen LogP contribution in [-0.4, -0.2) is 11.6 Å². The molecule has 0 heterocycles. The molecular formula is C13H20O2. The van der Waals surface area contributed by atoms with E-state index in [4.69, 9.17) is 4.74 Å². The molecule has 0 atom stereocenters. The van der Waals surface area contributed by atoms with Gasteiger partial charge in [-0.3, -0.25) is 0 Å². The highest BCUT2D eigenvalue weighted by Gasteiger charge is 2.13. The molecular weight excluding hydrogens is 188 g/mol. The third kappa shape index (κ3) is 5.40. The molecule has 0 radical (unpaired) electrons. The molecule has 2 heteroatoms. The minimum absolute atomic E-state index is 0.256. The Kier molecular flexibility index (Phi) is 4.13. The van der Waals surface area contributed by atoms with Gasteiger partial charge in [0.1, 0.15) is 5.60 Å². The third-order valence-electron chi connectivity index (χ3n) is 2.17. The summed E-state index contributed by atoms with van der Waals surface area (Å²) in [5.74, 6) is -0.256. The second-order valence-electron chi connectivity index (χ2n) is 4.89. The number of hydrogen-bond donors (Lipinski definition) is 0. The Morgan fingerprint density at radius 3 is 2.67 bits per heavy atom. The Bertz CT molecular complexity index is 279. The van der Waals surface area contributed by atoms with Crippen LogP contribution in [0.3, 0.4) is 0 Å². The molecule has 84 valence electrons. The minimum Gasteiger partial charge on any atom is -0.457 e. The van der Waals surface area contributed by atoms with E-state index in [0.717, 1.165) is 12.8 Å². The lowest BCUT2D eigenvalue weighted by atomic mass is 9.99. The first-order chi connectivity index (χ1) is 6.97. The van der Waals surface area contributed by atoms with Crippen LogP contribution in [-0.2, 0) is 9.53 Å². The topological polar surface area (TPSA) is 26.3 Å². The summed E-state index contributed by atoms with van der Waals surface area (Å²) in [4.78, 5) is 11.4. The van der Waals surface area contributed by atoms with E-state index in [0.29, 0.717) is 0 Å². The van der Waals surface area contributed by atoms with Gasteiger partial charge in [-0.25, -0.2) is 4.79 Å². The van der Waals surface area contributed by atoms with Crippen molar-refractivity contribution < 1.29 is 9.53 Å². The number of rotatable bonds is 2. The first kappa shape index (κ1) is 12.0. The van der Waals surface area contributed by atoms with E-state index in [2.05, 4.69) is 6.08 Å². The molecule has 0 aromatic carbocycles. The Hall–Kier alpha value is -1.05. The smallest absolute Gasteiger partial charge is 0.331 e. The van der Waals surface area contributed by atoms with Crippen LogP contribution in [0.5, 0.6) is 0 Å². The van der Waals surface area contributed by atoms with Gasteiger partial charge in [-0.15, -0.1) is 0 Å². The van der Waals surface area contributed by atoms with E-state index in [1.54, 1.807) is 0 Å². The molecule has 1 aliphatic carbocycles. The van der Waals surface area contributed by atoms with Crippen LogP contribution in [0.25, 0.3) is 0 Å². The molecule has 0 bridgehead atoms. The number of hydrogen-bond acceptors (Lipinski definition) is 2. The van der Waals surface area contributed by atoms with E-state index < -0.39 is 5.60 Å². The van der Waals surface area contributed by atoms with Crippen LogP contribution in [0.15, 0.2) is 23.8 Å². The normalized spacial score (nSPS) is 17.7. The van der Waals surface area contributed by atoms with Crippen molar-refractivity contribution in [1.82, 2.24) is 0 Å². The Labute approximate surface area is 92.0 Å². The van der Waals surface area contributed by atoms with Crippen molar-refractivity contribution in [2.75, 3.05) is 0 Å². The van der Waals surface area contributed by atoms with Gasteiger partial charge in [0.25, 0.3) is 0 Å². The maximum absolute atomic E-state index is 11.4. The van der Waals surface area contributed by atoms with Gasteiger partial charge < -0.3 is 4.74 Å². The monoisotopic (exact) mass is 208 g/mol. The lowest BCUT2D eigenvalue weighted by Crippen LogP contribution is -2.22. The predicted octanol–water partition coefficient (Wildman–Crippen LogP) is 3.38. The molecule has 0 unspecified atom stereocenters. The lowest BCUT2D eigenvalue weighted by molar-refractivity contribution is -0.148. The van der Waals surface area contributed by atoms with Gasteiger partial charge in [-0.05, 0) is 46.5 Å². The molecule has 1 aliphatic rings. The molecule has 0 fully saturated rings. The van der Waals surface area contributed by atoms with E-state index in [9.17, 15) is 4.79 Å². The largest absolute Gasteiger partial charge is 0.457 e.